The van der Waals surface area contributed by atoms with Crippen LogP contribution in [0.4, 0.5) is 0 Å². The maximum absolute atomic E-state index is 11.0. The van der Waals surface area contributed by atoms with Crippen molar-refractivity contribution in [3.05, 3.63) is 35.9 Å². The van der Waals surface area contributed by atoms with Gasteiger partial charge in [0.2, 0.25) is 0 Å². The Morgan fingerprint density at radius 2 is 2.12 bits per heavy atom. The Morgan fingerprint density at radius 1 is 1.35 bits per heavy atom. The van der Waals surface area contributed by atoms with E-state index in [9.17, 15) is 4.79 Å². The molecule has 1 aromatic carbocycles. The average molecular weight is 233 g/mol. The Hall–Kier alpha value is -1.35. The van der Waals surface area contributed by atoms with Gasteiger partial charge in [-0.15, -0.1) is 0 Å². The summed E-state index contributed by atoms with van der Waals surface area (Å²) in [5, 5.41) is 9.06. The van der Waals surface area contributed by atoms with Crippen LogP contribution in [-0.4, -0.2) is 35.1 Å². The molecular formula is C14H19NO2. The number of carbonyl (C=O) groups is 1. The van der Waals surface area contributed by atoms with E-state index in [-0.39, 0.29) is 6.04 Å². The van der Waals surface area contributed by atoms with Gasteiger partial charge in [0.05, 0.1) is 0 Å². The fourth-order valence-corrected chi connectivity index (χ4v) is 2.50. The van der Waals surface area contributed by atoms with Crippen LogP contribution in [0, 0.1) is 0 Å². The molecule has 1 fully saturated rings. The largest absolute Gasteiger partial charge is 0.480 e. The van der Waals surface area contributed by atoms with Crippen molar-refractivity contribution in [3.8, 4) is 0 Å². The van der Waals surface area contributed by atoms with Gasteiger partial charge in [-0.1, -0.05) is 30.3 Å². The fraction of sp³-hybridized carbons (Fsp3) is 0.500. The minimum atomic E-state index is -0.665. The van der Waals surface area contributed by atoms with Crippen molar-refractivity contribution in [3.63, 3.8) is 0 Å². The van der Waals surface area contributed by atoms with E-state index in [2.05, 4.69) is 17.0 Å². The minimum Gasteiger partial charge on any atom is -0.480 e. The number of aliphatic carboxylic acids is 1. The molecule has 2 rings (SSSR count). The van der Waals surface area contributed by atoms with Gasteiger partial charge in [0.1, 0.15) is 6.04 Å². The molecule has 3 nitrogen and oxygen atoms in total. The van der Waals surface area contributed by atoms with Crippen molar-refractivity contribution >= 4 is 5.97 Å². The van der Waals surface area contributed by atoms with Crippen molar-refractivity contribution in [1.29, 1.82) is 0 Å². The average Bonchev–Trinajstić information content (AvgIpc) is 2.79. The number of hydrogen-bond donors (Lipinski definition) is 1. The number of aryl methyl sites for hydroxylation is 1. The number of hydrogen-bond acceptors (Lipinski definition) is 2. The van der Waals surface area contributed by atoms with Crippen LogP contribution in [0.3, 0.4) is 0 Å². The Bertz CT molecular complexity index is 364. The van der Waals surface area contributed by atoms with E-state index < -0.39 is 5.97 Å². The van der Waals surface area contributed by atoms with Crippen molar-refractivity contribution in [2.24, 2.45) is 0 Å². The first kappa shape index (κ1) is 12.1. The molecular weight excluding hydrogens is 214 g/mol. The first-order valence-corrected chi connectivity index (χ1v) is 6.28. The summed E-state index contributed by atoms with van der Waals surface area (Å²) in [6, 6.07) is 10.1. The van der Waals surface area contributed by atoms with Crippen molar-refractivity contribution in [2.45, 2.75) is 31.7 Å². The highest BCUT2D eigenvalue weighted by molar-refractivity contribution is 5.73. The molecule has 1 aromatic rings. The number of rotatable bonds is 5. The van der Waals surface area contributed by atoms with Gasteiger partial charge in [0.15, 0.2) is 0 Å². The first-order valence-electron chi connectivity index (χ1n) is 6.28. The lowest BCUT2D eigenvalue weighted by Gasteiger charge is -2.20. The smallest absolute Gasteiger partial charge is 0.320 e. The molecule has 0 spiro atoms. The highest BCUT2D eigenvalue weighted by Gasteiger charge is 2.29. The summed E-state index contributed by atoms with van der Waals surface area (Å²) < 4.78 is 0. The van der Waals surface area contributed by atoms with E-state index in [0.717, 1.165) is 38.8 Å². The zero-order valence-corrected chi connectivity index (χ0v) is 10.0. The van der Waals surface area contributed by atoms with Gasteiger partial charge in [0.25, 0.3) is 0 Å². The normalized spacial score (nSPS) is 20.6. The summed E-state index contributed by atoms with van der Waals surface area (Å²) >= 11 is 0. The standard InChI is InChI=1S/C14H19NO2/c16-14(17)13-9-5-11-15(13)10-4-8-12-6-2-1-3-7-12/h1-3,6-7,13H,4-5,8-11H2,(H,16,17)/t13-/m0/s1. The van der Waals surface area contributed by atoms with Gasteiger partial charge >= 0.3 is 5.97 Å². The fourth-order valence-electron chi connectivity index (χ4n) is 2.50. The molecule has 0 bridgehead atoms. The second-order valence-electron chi connectivity index (χ2n) is 4.62. The van der Waals surface area contributed by atoms with E-state index in [4.69, 9.17) is 5.11 Å². The summed E-state index contributed by atoms with van der Waals surface area (Å²) in [6.45, 7) is 1.83. The number of benzene rings is 1. The molecule has 1 N–H and O–H groups in total. The molecule has 17 heavy (non-hydrogen) atoms. The predicted molar refractivity (Wildman–Crippen MR) is 67.0 cm³/mol. The van der Waals surface area contributed by atoms with Gasteiger partial charge in [-0.3, -0.25) is 9.69 Å². The third kappa shape index (κ3) is 3.30. The zero-order valence-electron chi connectivity index (χ0n) is 10.0. The summed E-state index contributed by atoms with van der Waals surface area (Å²) in [7, 11) is 0. The molecule has 0 aromatic heterocycles. The molecule has 1 heterocycles. The molecule has 92 valence electrons. The molecule has 1 aliphatic heterocycles. The SMILES string of the molecule is O=C(O)[C@@H]1CCCN1CCCc1ccccc1. The van der Waals surface area contributed by atoms with Crippen molar-refractivity contribution in [2.75, 3.05) is 13.1 Å². The number of nitrogens with zero attached hydrogens (tertiary/aromatic N) is 1. The van der Waals surface area contributed by atoms with Gasteiger partial charge in [-0.05, 0) is 44.3 Å². The molecule has 0 unspecified atom stereocenters. The summed E-state index contributed by atoms with van der Waals surface area (Å²) in [6.07, 6.45) is 3.89. The molecule has 1 aliphatic rings. The first-order chi connectivity index (χ1) is 8.27. The van der Waals surface area contributed by atoms with Crippen molar-refractivity contribution < 1.29 is 9.90 Å². The second-order valence-corrected chi connectivity index (χ2v) is 4.62. The van der Waals surface area contributed by atoms with Gasteiger partial charge < -0.3 is 5.11 Å². The number of likely N-dealkylation sites (tertiary alicyclic amines) is 1. The maximum Gasteiger partial charge on any atom is 0.320 e. The summed E-state index contributed by atoms with van der Waals surface area (Å²) in [4.78, 5) is 13.1. The molecule has 0 saturated carbocycles. The summed E-state index contributed by atoms with van der Waals surface area (Å²) in [5.74, 6) is -0.665. The Morgan fingerprint density at radius 3 is 2.82 bits per heavy atom. The van der Waals surface area contributed by atoms with Crippen molar-refractivity contribution in [1.82, 2.24) is 4.90 Å². The molecule has 0 aliphatic carbocycles. The van der Waals surface area contributed by atoms with Gasteiger partial charge in [-0.25, -0.2) is 0 Å². The second kappa shape index (κ2) is 5.82. The van der Waals surface area contributed by atoms with Crippen LogP contribution in [0.15, 0.2) is 30.3 Å². The van der Waals surface area contributed by atoms with Gasteiger partial charge in [-0.2, -0.15) is 0 Å². The Kier molecular flexibility index (Phi) is 4.15. The van der Waals surface area contributed by atoms with Crippen LogP contribution >= 0.6 is 0 Å². The predicted octanol–water partition coefficient (Wildman–Crippen LogP) is 2.17. The quantitative estimate of drug-likeness (QED) is 0.847. The van der Waals surface area contributed by atoms with E-state index >= 15 is 0 Å². The van der Waals surface area contributed by atoms with E-state index in [0.29, 0.717) is 0 Å². The van der Waals surface area contributed by atoms with Crippen LogP contribution in [0.2, 0.25) is 0 Å². The van der Waals surface area contributed by atoms with E-state index in [1.165, 1.54) is 5.56 Å². The lowest BCUT2D eigenvalue weighted by molar-refractivity contribution is -0.142. The molecule has 3 heteroatoms. The van der Waals surface area contributed by atoms with Crippen LogP contribution in [-0.2, 0) is 11.2 Å². The molecule has 0 radical (unpaired) electrons. The van der Waals surface area contributed by atoms with Gasteiger partial charge in [0, 0.05) is 0 Å². The van der Waals surface area contributed by atoms with Crippen LogP contribution in [0.25, 0.3) is 0 Å². The molecule has 1 atom stereocenters. The summed E-state index contributed by atoms with van der Waals surface area (Å²) in [5.41, 5.74) is 1.33. The zero-order chi connectivity index (χ0) is 12.1. The third-order valence-corrected chi connectivity index (χ3v) is 3.40. The molecule has 0 amide bonds. The van der Waals surface area contributed by atoms with Crippen LogP contribution in [0.5, 0.6) is 0 Å². The number of carboxylic acids is 1. The highest BCUT2D eigenvalue weighted by atomic mass is 16.4. The topological polar surface area (TPSA) is 40.5 Å². The van der Waals surface area contributed by atoms with Crippen LogP contribution in [0.1, 0.15) is 24.8 Å². The van der Waals surface area contributed by atoms with E-state index in [1.807, 2.05) is 18.2 Å². The molecule has 1 saturated heterocycles. The highest BCUT2D eigenvalue weighted by Crippen LogP contribution is 2.18. The lowest BCUT2D eigenvalue weighted by Crippen LogP contribution is -2.36. The Balaban J connectivity index is 1.77. The van der Waals surface area contributed by atoms with E-state index in [1.54, 1.807) is 0 Å². The Labute approximate surface area is 102 Å². The van der Waals surface area contributed by atoms with Crippen LogP contribution < -0.4 is 0 Å². The third-order valence-electron chi connectivity index (χ3n) is 3.40. The maximum atomic E-state index is 11.0. The lowest BCUT2D eigenvalue weighted by atomic mass is 10.1. The minimum absolute atomic E-state index is 0.245. The monoisotopic (exact) mass is 233 g/mol. The number of carboxylic acid groups (broad SMARTS) is 1.